The smallest absolute Gasteiger partial charge is 0.0863 e. The summed E-state index contributed by atoms with van der Waals surface area (Å²) in [5.41, 5.74) is 0.709. The Hall–Kier alpha value is -0.390. The van der Waals surface area contributed by atoms with Gasteiger partial charge in [-0.15, -0.1) is 0 Å². The van der Waals surface area contributed by atoms with Gasteiger partial charge >= 0.3 is 0 Å². The van der Waals surface area contributed by atoms with Gasteiger partial charge in [-0.2, -0.15) is 0 Å². The number of fused-ring (bicyclic) bond motifs is 1. The summed E-state index contributed by atoms with van der Waals surface area (Å²) in [6.45, 7) is -0.0309. The van der Waals surface area contributed by atoms with Gasteiger partial charge in [0.15, 0.2) is 0 Å². The van der Waals surface area contributed by atoms with E-state index >= 15 is 0 Å². The number of benzene rings is 1. The SMILES string of the molecule is OCc1ncc2cc(Cl)ccc2c1I. The predicted molar refractivity (Wildman–Crippen MR) is 65.4 cm³/mol. The lowest BCUT2D eigenvalue weighted by atomic mass is 10.1. The van der Waals surface area contributed by atoms with E-state index in [1.54, 1.807) is 6.20 Å². The van der Waals surface area contributed by atoms with Crippen LogP contribution >= 0.6 is 34.2 Å². The third-order valence-electron chi connectivity index (χ3n) is 2.01. The van der Waals surface area contributed by atoms with Crippen molar-refractivity contribution in [3.63, 3.8) is 0 Å². The third-order valence-corrected chi connectivity index (χ3v) is 3.45. The lowest BCUT2D eigenvalue weighted by molar-refractivity contribution is 0.276. The second-order valence-corrected chi connectivity index (χ2v) is 4.42. The molecule has 1 heterocycles. The van der Waals surface area contributed by atoms with Gasteiger partial charge < -0.3 is 5.11 Å². The molecule has 14 heavy (non-hydrogen) atoms. The van der Waals surface area contributed by atoms with Crippen molar-refractivity contribution in [1.82, 2.24) is 4.98 Å². The quantitative estimate of drug-likeness (QED) is 0.820. The minimum absolute atomic E-state index is 0.0309. The molecule has 2 rings (SSSR count). The van der Waals surface area contributed by atoms with Crippen LogP contribution in [0.1, 0.15) is 5.69 Å². The van der Waals surface area contributed by atoms with Crippen LogP contribution in [-0.4, -0.2) is 10.1 Å². The lowest BCUT2D eigenvalue weighted by Gasteiger charge is -2.04. The molecule has 1 aromatic carbocycles. The van der Waals surface area contributed by atoms with Crippen LogP contribution in [0.15, 0.2) is 24.4 Å². The first-order valence-corrected chi connectivity index (χ1v) is 5.51. The Balaban J connectivity index is 2.77. The maximum atomic E-state index is 9.04. The molecule has 0 spiro atoms. The first-order valence-electron chi connectivity index (χ1n) is 4.06. The standard InChI is InChI=1S/C10H7ClINO/c11-7-1-2-8-6(3-7)4-13-9(5-14)10(8)12/h1-4,14H,5H2. The van der Waals surface area contributed by atoms with Crippen LogP contribution < -0.4 is 0 Å². The second-order valence-electron chi connectivity index (χ2n) is 2.91. The molecule has 0 fully saturated rings. The molecular weight excluding hydrogens is 312 g/mol. The van der Waals surface area contributed by atoms with Crippen molar-refractivity contribution in [3.8, 4) is 0 Å². The zero-order valence-electron chi connectivity index (χ0n) is 7.17. The van der Waals surface area contributed by atoms with E-state index in [1.807, 2.05) is 18.2 Å². The molecule has 0 bridgehead atoms. The van der Waals surface area contributed by atoms with Gasteiger partial charge in [-0.05, 0) is 40.1 Å². The maximum Gasteiger partial charge on any atom is 0.0863 e. The van der Waals surface area contributed by atoms with Crippen LogP contribution in [0.3, 0.4) is 0 Å². The highest BCUT2D eigenvalue weighted by molar-refractivity contribution is 14.1. The number of aliphatic hydroxyl groups is 1. The summed E-state index contributed by atoms with van der Waals surface area (Å²) in [6, 6.07) is 5.65. The topological polar surface area (TPSA) is 33.1 Å². The van der Waals surface area contributed by atoms with E-state index < -0.39 is 0 Å². The van der Waals surface area contributed by atoms with Crippen LogP contribution in [0.25, 0.3) is 10.8 Å². The molecule has 0 aliphatic rings. The van der Waals surface area contributed by atoms with E-state index in [-0.39, 0.29) is 6.61 Å². The van der Waals surface area contributed by atoms with E-state index in [0.717, 1.165) is 14.3 Å². The number of nitrogens with zero attached hydrogens (tertiary/aromatic N) is 1. The third kappa shape index (κ3) is 1.71. The normalized spacial score (nSPS) is 10.8. The average Bonchev–Trinajstić information content (AvgIpc) is 2.18. The Morgan fingerprint density at radius 1 is 1.43 bits per heavy atom. The van der Waals surface area contributed by atoms with Gasteiger partial charge in [-0.3, -0.25) is 4.98 Å². The Bertz CT molecular complexity index is 487. The Labute approximate surface area is 100 Å². The highest BCUT2D eigenvalue weighted by atomic mass is 127. The molecule has 1 aromatic heterocycles. The van der Waals surface area contributed by atoms with Gasteiger partial charge in [-0.1, -0.05) is 17.7 Å². The number of rotatable bonds is 1. The van der Waals surface area contributed by atoms with Gasteiger partial charge in [0.1, 0.15) is 0 Å². The summed E-state index contributed by atoms with van der Waals surface area (Å²) in [6.07, 6.45) is 1.73. The summed E-state index contributed by atoms with van der Waals surface area (Å²) in [5.74, 6) is 0. The zero-order chi connectivity index (χ0) is 10.1. The van der Waals surface area contributed by atoms with Crippen LogP contribution in [-0.2, 0) is 6.61 Å². The van der Waals surface area contributed by atoms with Crippen LogP contribution in [0.5, 0.6) is 0 Å². The molecule has 0 saturated heterocycles. The van der Waals surface area contributed by atoms with Crippen molar-refractivity contribution in [1.29, 1.82) is 0 Å². The molecule has 4 heteroatoms. The van der Waals surface area contributed by atoms with E-state index in [0.29, 0.717) is 10.7 Å². The van der Waals surface area contributed by atoms with Crippen LogP contribution in [0.4, 0.5) is 0 Å². The van der Waals surface area contributed by atoms with Crippen LogP contribution in [0, 0.1) is 3.57 Å². The van der Waals surface area contributed by atoms with Gasteiger partial charge in [0.2, 0.25) is 0 Å². The fourth-order valence-electron chi connectivity index (χ4n) is 1.31. The number of hydrogen-bond acceptors (Lipinski definition) is 2. The van der Waals surface area contributed by atoms with E-state index in [4.69, 9.17) is 16.7 Å². The van der Waals surface area contributed by atoms with Crippen molar-refractivity contribution in [2.24, 2.45) is 0 Å². The zero-order valence-corrected chi connectivity index (χ0v) is 10.1. The number of aromatic nitrogens is 1. The molecule has 0 atom stereocenters. The van der Waals surface area contributed by atoms with Gasteiger partial charge in [-0.25, -0.2) is 0 Å². The highest BCUT2D eigenvalue weighted by Crippen LogP contribution is 2.25. The molecule has 72 valence electrons. The number of halogens is 2. The van der Waals surface area contributed by atoms with E-state index in [1.165, 1.54) is 0 Å². The van der Waals surface area contributed by atoms with E-state index in [2.05, 4.69) is 27.6 Å². The fourth-order valence-corrected chi connectivity index (χ4v) is 2.29. The van der Waals surface area contributed by atoms with E-state index in [9.17, 15) is 0 Å². The minimum Gasteiger partial charge on any atom is -0.390 e. The highest BCUT2D eigenvalue weighted by Gasteiger charge is 2.05. The molecule has 0 amide bonds. The molecule has 0 unspecified atom stereocenters. The number of hydrogen-bond donors (Lipinski definition) is 1. The predicted octanol–water partition coefficient (Wildman–Crippen LogP) is 2.99. The first-order chi connectivity index (χ1) is 6.72. The summed E-state index contributed by atoms with van der Waals surface area (Å²) in [7, 11) is 0. The van der Waals surface area contributed by atoms with Crippen molar-refractivity contribution in [3.05, 3.63) is 38.7 Å². The molecule has 2 nitrogen and oxygen atoms in total. The molecule has 0 aliphatic heterocycles. The Morgan fingerprint density at radius 2 is 2.21 bits per heavy atom. The summed E-state index contributed by atoms with van der Waals surface area (Å²) in [4.78, 5) is 4.15. The molecule has 1 N–H and O–H groups in total. The average molecular weight is 320 g/mol. The van der Waals surface area contributed by atoms with Crippen molar-refractivity contribution < 1.29 is 5.11 Å². The summed E-state index contributed by atoms with van der Waals surface area (Å²) < 4.78 is 0.985. The first kappa shape index (κ1) is 10.1. The monoisotopic (exact) mass is 319 g/mol. The second kappa shape index (κ2) is 4.00. The molecule has 0 aliphatic carbocycles. The minimum atomic E-state index is -0.0309. The molecule has 2 aromatic rings. The molecular formula is C10H7ClINO. The molecule has 0 radical (unpaired) electrons. The van der Waals surface area contributed by atoms with Crippen molar-refractivity contribution in [2.75, 3.05) is 0 Å². The lowest BCUT2D eigenvalue weighted by Crippen LogP contribution is -1.94. The number of aliphatic hydroxyl groups excluding tert-OH is 1. The van der Waals surface area contributed by atoms with Crippen LogP contribution in [0.2, 0.25) is 5.02 Å². The Kier molecular flexibility index (Phi) is 2.90. The molecule has 0 saturated carbocycles. The van der Waals surface area contributed by atoms with Gasteiger partial charge in [0.05, 0.1) is 12.3 Å². The maximum absolute atomic E-state index is 9.04. The summed E-state index contributed by atoms with van der Waals surface area (Å²) >= 11 is 8.05. The van der Waals surface area contributed by atoms with Crippen molar-refractivity contribution in [2.45, 2.75) is 6.61 Å². The van der Waals surface area contributed by atoms with Crippen molar-refractivity contribution >= 4 is 45.0 Å². The number of pyridine rings is 1. The van der Waals surface area contributed by atoms with Gasteiger partial charge in [0, 0.05) is 20.2 Å². The largest absolute Gasteiger partial charge is 0.390 e. The Morgan fingerprint density at radius 3 is 2.93 bits per heavy atom. The summed E-state index contributed by atoms with van der Waals surface area (Å²) in [5, 5.41) is 11.8. The van der Waals surface area contributed by atoms with Gasteiger partial charge in [0.25, 0.3) is 0 Å². The fraction of sp³-hybridized carbons (Fsp3) is 0.100.